The molecule has 0 bridgehead atoms. The zero-order valence-corrected chi connectivity index (χ0v) is 14.6. The summed E-state index contributed by atoms with van der Waals surface area (Å²) in [6.07, 6.45) is 1.76. The molecule has 2 saturated heterocycles. The summed E-state index contributed by atoms with van der Waals surface area (Å²) < 4.78 is 11.5. The van der Waals surface area contributed by atoms with Crippen molar-refractivity contribution in [1.82, 2.24) is 0 Å². The number of carbonyl (C=O) groups excluding carboxylic acids is 1. The average Bonchev–Trinajstić information content (AvgIpc) is 3.12. The molecule has 2 aromatic rings. The maximum absolute atomic E-state index is 12.1. The number of hydrogen-bond acceptors (Lipinski definition) is 4. The average molecular weight is 353 g/mol. The summed E-state index contributed by atoms with van der Waals surface area (Å²) in [5.41, 5.74) is 2.67. The van der Waals surface area contributed by atoms with Crippen molar-refractivity contribution in [2.45, 2.75) is 18.6 Å². The summed E-state index contributed by atoms with van der Waals surface area (Å²) in [6, 6.07) is 17.0. The van der Waals surface area contributed by atoms with Crippen LogP contribution in [0.5, 0.6) is 0 Å². The molecule has 2 fully saturated rings. The molecule has 2 amide bonds. The van der Waals surface area contributed by atoms with Crippen molar-refractivity contribution < 1.29 is 14.3 Å². The molecule has 26 heavy (non-hydrogen) atoms. The van der Waals surface area contributed by atoms with Gasteiger partial charge in [-0.3, -0.25) is 0 Å². The summed E-state index contributed by atoms with van der Waals surface area (Å²) in [5, 5.41) is 5.66. The van der Waals surface area contributed by atoms with Crippen molar-refractivity contribution in [3.63, 3.8) is 0 Å². The van der Waals surface area contributed by atoms with E-state index in [9.17, 15) is 4.79 Å². The molecule has 4 rings (SSSR count). The van der Waals surface area contributed by atoms with Gasteiger partial charge >= 0.3 is 6.03 Å². The molecule has 136 valence electrons. The Morgan fingerprint density at radius 2 is 1.42 bits per heavy atom. The number of hydrogen-bond donors (Lipinski definition) is 2. The molecule has 2 aromatic carbocycles. The molecule has 2 aliphatic rings. The first-order valence-corrected chi connectivity index (χ1v) is 8.98. The zero-order valence-electron chi connectivity index (χ0n) is 14.6. The number of piperidine rings is 1. The van der Waals surface area contributed by atoms with Crippen LogP contribution in [0.15, 0.2) is 54.6 Å². The number of urea groups is 1. The largest absolute Gasteiger partial charge is 0.371 e. The van der Waals surface area contributed by atoms with Crippen LogP contribution in [0.4, 0.5) is 21.9 Å². The molecule has 2 N–H and O–H groups in total. The third-order valence-electron chi connectivity index (χ3n) is 4.86. The smallest absolute Gasteiger partial charge is 0.323 e. The van der Waals surface area contributed by atoms with Crippen LogP contribution in [0, 0.1) is 0 Å². The van der Waals surface area contributed by atoms with Crippen LogP contribution in [-0.2, 0) is 9.47 Å². The lowest BCUT2D eigenvalue weighted by Gasteiger charge is -2.38. The fourth-order valence-electron chi connectivity index (χ4n) is 3.46. The van der Waals surface area contributed by atoms with Gasteiger partial charge in [0.2, 0.25) is 0 Å². The van der Waals surface area contributed by atoms with E-state index in [0.717, 1.165) is 43.0 Å². The van der Waals surface area contributed by atoms with Gasteiger partial charge < -0.3 is 25.0 Å². The van der Waals surface area contributed by atoms with Crippen LogP contribution >= 0.6 is 0 Å². The van der Waals surface area contributed by atoms with Crippen LogP contribution in [0.2, 0.25) is 0 Å². The molecular weight excluding hydrogens is 330 g/mol. The van der Waals surface area contributed by atoms with E-state index in [1.807, 2.05) is 54.6 Å². The highest BCUT2D eigenvalue weighted by Crippen LogP contribution is 2.33. The number of rotatable bonds is 3. The highest BCUT2D eigenvalue weighted by molar-refractivity contribution is 5.99. The highest BCUT2D eigenvalue weighted by atomic mass is 16.7. The summed E-state index contributed by atoms with van der Waals surface area (Å²) in [5.74, 6) is -0.354. The van der Waals surface area contributed by atoms with E-state index in [2.05, 4.69) is 15.5 Å². The molecule has 6 nitrogen and oxygen atoms in total. The quantitative estimate of drug-likeness (QED) is 0.884. The number of benzene rings is 2. The Bertz CT molecular complexity index is 733. The second kappa shape index (κ2) is 7.35. The van der Waals surface area contributed by atoms with Gasteiger partial charge in [0.1, 0.15) is 0 Å². The first-order valence-electron chi connectivity index (χ1n) is 8.98. The van der Waals surface area contributed by atoms with Gasteiger partial charge in [-0.1, -0.05) is 18.2 Å². The molecule has 0 unspecified atom stereocenters. The van der Waals surface area contributed by atoms with E-state index >= 15 is 0 Å². The molecule has 1 spiro atoms. The van der Waals surface area contributed by atoms with Crippen molar-refractivity contribution in [3.8, 4) is 0 Å². The summed E-state index contributed by atoms with van der Waals surface area (Å²) in [4.78, 5) is 14.4. The van der Waals surface area contributed by atoms with Gasteiger partial charge in [-0.15, -0.1) is 0 Å². The monoisotopic (exact) mass is 353 g/mol. The lowest BCUT2D eigenvalue weighted by Crippen LogP contribution is -2.45. The predicted molar refractivity (Wildman–Crippen MR) is 102 cm³/mol. The standard InChI is InChI=1S/C20H23N3O3/c24-19(21-16-4-2-1-3-5-16)22-17-6-8-18(9-7-17)23-12-10-20(11-13-23)25-14-15-26-20/h1-9H,10-15H2,(H2,21,22,24). The normalized spacial score (nSPS) is 18.7. The Morgan fingerprint density at radius 1 is 0.846 bits per heavy atom. The number of amides is 2. The van der Waals surface area contributed by atoms with Gasteiger partial charge in [0.05, 0.1) is 13.2 Å². The Kier molecular flexibility index (Phi) is 4.77. The number of nitrogens with zero attached hydrogens (tertiary/aromatic N) is 1. The molecule has 0 radical (unpaired) electrons. The zero-order chi connectivity index (χ0) is 17.8. The number of nitrogens with one attached hydrogen (secondary N) is 2. The van der Waals surface area contributed by atoms with Gasteiger partial charge in [0.25, 0.3) is 0 Å². The second-order valence-corrected chi connectivity index (χ2v) is 6.59. The van der Waals surface area contributed by atoms with Crippen LogP contribution in [0.25, 0.3) is 0 Å². The van der Waals surface area contributed by atoms with Crippen molar-refractivity contribution in [2.75, 3.05) is 41.8 Å². The molecule has 0 atom stereocenters. The Balaban J connectivity index is 1.31. The van der Waals surface area contributed by atoms with Crippen LogP contribution in [0.3, 0.4) is 0 Å². The molecule has 0 aliphatic carbocycles. The number of para-hydroxylation sites is 1. The lowest BCUT2D eigenvalue weighted by atomic mass is 10.0. The van der Waals surface area contributed by atoms with Gasteiger partial charge in [0.15, 0.2) is 5.79 Å². The molecule has 6 heteroatoms. The molecule has 2 aliphatic heterocycles. The van der Waals surface area contributed by atoms with Crippen LogP contribution in [0.1, 0.15) is 12.8 Å². The van der Waals surface area contributed by atoms with E-state index in [1.54, 1.807) is 0 Å². The topological polar surface area (TPSA) is 62.8 Å². The van der Waals surface area contributed by atoms with E-state index in [4.69, 9.17) is 9.47 Å². The fraction of sp³-hybridized carbons (Fsp3) is 0.350. The lowest BCUT2D eigenvalue weighted by molar-refractivity contribution is -0.169. The molecule has 0 aromatic heterocycles. The molecule has 2 heterocycles. The first-order chi connectivity index (χ1) is 12.7. The number of carbonyl (C=O) groups is 1. The van der Waals surface area contributed by atoms with Crippen molar-refractivity contribution >= 4 is 23.1 Å². The maximum Gasteiger partial charge on any atom is 0.323 e. The number of ether oxygens (including phenoxy) is 2. The van der Waals surface area contributed by atoms with E-state index < -0.39 is 0 Å². The SMILES string of the molecule is O=C(Nc1ccccc1)Nc1ccc(N2CCC3(CC2)OCCO3)cc1. The number of anilines is 3. The summed E-state index contributed by atoms with van der Waals surface area (Å²) in [6.45, 7) is 3.21. The van der Waals surface area contributed by atoms with Crippen LogP contribution in [-0.4, -0.2) is 38.1 Å². The van der Waals surface area contributed by atoms with Crippen molar-refractivity contribution in [1.29, 1.82) is 0 Å². The van der Waals surface area contributed by atoms with Crippen LogP contribution < -0.4 is 15.5 Å². The Hall–Kier alpha value is -2.57. The van der Waals surface area contributed by atoms with Crippen molar-refractivity contribution in [2.24, 2.45) is 0 Å². The maximum atomic E-state index is 12.1. The third-order valence-corrected chi connectivity index (χ3v) is 4.86. The van der Waals surface area contributed by atoms with E-state index in [-0.39, 0.29) is 11.8 Å². The summed E-state index contributed by atoms with van der Waals surface area (Å²) >= 11 is 0. The van der Waals surface area contributed by atoms with Gasteiger partial charge in [-0.2, -0.15) is 0 Å². The minimum atomic E-state index is -0.354. The Labute approximate surface area is 153 Å². The van der Waals surface area contributed by atoms with Gasteiger partial charge in [-0.25, -0.2) is 4.79 Å². The van der Waals surface area contributed by atoms with E-state index in [0.29, 0.717) is 13.2 Å². The third kappa shape index (κ3) is 3.81. The highest BCUT2D eigenvalue weighted by Gasteiger charge is 2.39. The van der Waals surface area contributed by atoms with Gasteiger partial charge in [0, 0.05) is 43.0 Å². The second-order valence-electron chi connectivity index (χ2n) is 6.59. The van der Waals surface area contributed by atoms with Gasteiger partial charge in [-0.05, 0) is 36.4 Å². The van der Waals surface area contributed by atoms with Crippen molar-refractivity contribution in [3.05, 3.63) is 54.6 Å². The molecular formula is C20H23N3O3. The first kappa shape index (κ1) is 16.9. The minimum Gasteiger partial charge on any atom is -0.371 e. The minimum absolute atomic E-state index is 0.251. The predicted octanol–water partition coefficient (Wildman–Crippen LogP) is 3.67. The fourth-order valence-corrected chi connectivity index (χ4v) is 3.46. The Morgan fingerprint density at radius 3 is 2.04 bits per heavy atom. The molecule has 0 saturated carbocycles. The van der Waals surface area contributed by atoms with E-state index in [1.165, 1.54) is 0 Å². The summed E-state index contributed by atoms with van der Waals surface area (Å²) in [7, 11) is 0.